The van der Waals surface area contributed by atoms with Crippen molar-refractivity contribution in [3.8, 4) is 0 Å². The average molecular weight is 335 g/mol. The first-order valence-electron chi connectivity index (χ1n) is 7.96. The summed E-state index contributed by atoms with van der Waals surface area (Å²) in [5.41, 5.74) is 0. The number of carbonyl (C=O) groups is 3. The Labute approximate surface area is 139 Å². The van der Waals surface area contributed by atoms with Crippen LogP contribution in [0.5, 0.6) is 0 Å². The molecule has 7 heteroatoms. The smallest absolute Gasteiger partial charge is 0.326 e. The summed E-state index contributed by atoms with van der Waals surface area (Å²) in [5, 5.41) is 2.04. The Morgan fingerprint density at radius 2 is 2.22 bits per heavy atom. The Hall–Kier alpha value is -1.89. The molecule has 0 radical (unpaired) electrons. The van der Waals surface area contributed by atoms with Crippen LogP contribution >= 0.6 is 11.3 Å². The molecule has 2 aliphatic heterocycles. The van der Waals surface area contributed by atoms with E-state index in [1.165, 1.54) is 14.7 Å². The third-order valence-electron chi connectivity index (χ3n) is 4.45. The molecule has 124 valence electrons. The molecule has 0 aromatic carbocycles. The van der Waals surface area contributed by atoms with Crippen LogP contribution in [-0.2, 0) is 9.59 Å². The molecule has 0 N–H and O–H groups in total. The standard InChI is InChI=1S/C16H21N3O3S/c1-17-11-15(21)19(16(17)22)9-3-7-14(20)18-8-2-5-12(18)13-6-4-10-23-13/h4,6,10,12H,2-3,5,7-9,11H2,1H3/t12-/m0/s1. The Morgan fingerprint density at radius 3 is 2.87 bits per heavy atom. The zero-order chi connectivity index (χ0) is 16.4. The van der Waals surface area contributed by atoms with Crippen LogP contribution in [0.25, 0.3) is 0 Å². The lowest BCUT2D eigenvalue weighted by atomic mass is 10.1. The normalized spacial score (nSPS) is 21.6. The van der Waals surface area contributed by atoms with Crippen LogP contribution in [0.1, 0.15) is 36.6 Å². The first-order chi connectivity index (χ1) is 11.1. The van der Waals surface area contributed by atoms with Gasteiger partial charge in [0, 0.05) is 31.4 Å². The molecule has 2 aliphatic rings. The predicted octanol–water partition coefficient (Wildman–Crippen LogP) is 2.09. The van der Waals surface area contributed by atoms with E-state index < -0.39 is 0 Å². The van der Waals surface area contributed by atoms with E-state index in [4.69, 9.17) is 0 Å². The van der Waals surface area contributed by atoms with Gasteiger partial charge in [-0.05, 0) is 30.7 Å². The molecular weight excluding hydrogens is 314 g/mol. The zero-order valence-corrected chi connectivity index (χ0v) is 14.1. The summed E-state index contributed by atoms with van der Waals surface area (Å²) in [6.07, 6.45) is 2.95. The van der Waals surface area contributed by atoms with E-state index in [9.17, 15) is 14.4 Å². The molecule has 2 saturated heterocycles. The molecule has 3 heterocycles. The van der Waals surface area contributed by atoms with Gasteiger partial charge in [-0.15, -0.1) is 11.3 Å². The molecule has 2 fully saturated rings. The number of urea groups is 1. The van der Waals surface area contributed by atoms with E-state index >= 15 is 0 Å². The molecule has 23 heavy (non-hydrogen) atoms. The van der Waals surface area contributed by atoms with Gasteiger partial charge >= 0.3 is 6.03 Å². The summed E-state index contributed by atoms with van der Waals surface area (Å²) >= 11 is 1.69. The molecule has 1 aromatic heterocycles. The number of thiophene rings is 1. The molecule has 0 bridgehead atoms. The predicted molar refractivity (Wildman–Crippen MR) is 87.0 cm³/mol. The van der Waals surface area contributed by atoms with Crippen LogP contribution < -0.4 is 0 Å². The second-order valence-corrected chi connectivity index (χ2v) is 7.03. The summed E-state index contributed by atoms with van der Waals surface area (Å²) in [5.74, 6) is -0.0593. The molecule has 4 amide bonds. The number of nitrogens with zero attached hydrogens (tertiary/aromatic N) is 3. The summed E-state index contributed by atoms with van der Waals surface area (Å²) in [4.78, 5) is 41.8. The Morgan fingerprint density at radius 1 is 1.39 bits per heavy atom. The number of hydrogen-bond acceptors (Lipinski definition) is 4. The molecule has 1 atom stereocenters. The highest BCUT2D eigenvalue weighted by molar-refractivity contribution is 7.10. The van der Waals surface area contributed by atoms with Gasteiger partial charge in [-0.25, -0.2) is 4.79 Å². The molecule has 0 spiro atoms. The van der Waals surface area contributed by atoms with Crippen LogP contribution in [0.15, 0.2) is 17.5 Å². The maximum atomic E-state index is 12.5. The fourth-order valence-electron chi connectivity index (χ4n) is 3.26. The SMILES string of the molecule is CN1CC(=O)N(CCCC(=O)N2CCC[C@H]2c2cccs2)C1=O. The number of rotatable bonds is 5. The molecule has 6 nitrogen and oxygen atoms in total. The van der Waals surface area contributed by atoms with Gasteiger partial charge in [0.05, 0.1) is 6.04 Å². The van der Waals surface area contributed by atoms with Crippen molar-refractivity contribution in [3.05, 3.63) is 22.4 Å². The van der Waals surface area contributed by atoms with E-state index in [2.05, 4.69) is 6.07 Å². The highest BCUT2D eigenvalue weighted by atomic mass is 32.1. The van der Waals surface area contributed by atoms with Crippen molar-refractivity contribution in [1.82, 2.24) is 14.7 Å². The van der Waals surface area contributed by atoms with Crippen molar-refractivity contribution in [1.29, 1.82) is 0 Å². The topological polar surface area (TPSA) is 60.9 Å². The van der Waals surface area contributed by atoms with Crippen molar-refractivity contribution >= 4 is 29.2 Å². The van der Waals surface area contributed by atoms with Crippen molar-refractivity contribution < 1.29 is 14.4 Å². The first-order valence-corrected chi connectivity index (χ1v) is 8.84. The fourth-order valence-corrected chi connectivity index (χ4v) is 4.14. The number of hydrogen-bond donors (Lipinski definition) is 0. The number of imide groups is 1. The minimum Gasteiger partial charge on any atom is -0.335 e. The molecule has 3 rings (SSSR count). The number of carbonyl (C=O) groups excluding carboxylic acids is 3. The Kier molecular flexibility index (Phi) is 4.66. The Balaban J connectivity index is 1.51. The van der Waals surface area contributed by atoms with E-state index in [-0.39, 0.29) is 30.4 Å². The van der Waals surface area contributed by atoms with Crippen LogP contribution in [-0.4, -0.2) is 59.2 Å². The van der Waals surface area contributed by atoms with Gasteiger partial charge in [0.1, 0.15) is 6.54 Å². The van der Waals surface area contributed by atoms with Gasteiger partial charge < -0.3 is 9.80 Å². The van der Waals surface area contributed by atoms with Gasteiger partial charge in [-0.2, -0.15) is 0 Å². The minimum atomic E-state index is -0.264. The highest BCUT2D eigenvalue weighted by Gasteiger charge is 2.34. The first kappa shape index (κ1) is 16.0. The third-order valence-corrected chi connectivity index (χ3v) is 5.42. The number of amides is 4. The molecule has 0 unspecified atom stereocenters. The zero-order valence-electron chi connectivity index (χ0n) is 13.2. The van der Waals surface area contributed by atoms with Gasteiger partial charge in [-0.3, -0.25) is 14.5 Å². The van der Waals surface area contributed by atoms with Gasteiger partial charge in [0.15, 0.2) is 0 Å². The molecular formula is C16H21N3O3S. The number of likely N-dealkylation sites (N-methyl/N-ethyl adjacent to an activating group) is 1. The third kappa shape index (κ3) is 3.24. The van der Waals surface area contributed by atoms with Crippen molar-refractivity contribution in [2.24, 2.45) is 0 Å². The van der Waals surface area contributed by atoms with E-state index in [1.807, 2.05) is 16.3 Å². The second kappa shape index (κ2) is 6.70. The monoisotopic (exact) mass is 335 g/mol. The van der Waals surface area contributed by atoms with Crippen LogP contribution in [0, 0.1) is 0 Å². The summed E-state index contributed by atoms with van der Waals surface area (Å²) < 4.78 is 0. The lowest BCUT2D eigenvalue weighted by Gasteiger charge is -2.24. The highest BCUT2D eigenvalue weighted by Crippen LogP contribution is 2.34. The minimum absolute atomic E-state index is 0.119. The molecule has 0 saturated carbocycles. The van der Waals surface area contributed by atoms with Crippen molar-refractivity contribution in [3.63, 3.8) is 0 Å². The molecule has 1 aromatic rings. The van der Waals surface area contributed by atoms with Crippen LogP contribution in [0.3, 0.4) is 0 Å². The fraction of sp³-hybridized carbons (Fsp3) is 0.562. The maximum absolute atomic E-state index is 12.5. The van der Waals surface area contributed by atoms with Crippen LogP contribution in [0.2, 0.25) is 0 Å². The number of likely N-dealkylation sites (tertiary alicyclic amines) is 1. The van der Waals surface area contributed by atoms with Gasteiger partial charge in [-0.1, -0.05) is 6.07 Å². The largest absolute Gasteiger partial charge is 0.335 e. The average Bonchev–Trinajstić information content (AvgIpc) is 3.23. The molecule has 0 aliphatic carbocycles. The summed E-state index contributed by atoms with van der Waals surface area (Å²) in [7, 11) is 1.61. The maximum Gasteiger partial charge on any atom is 0.326 e. The van der Waals surface area contributed by atoms with Crippen LogP contribution in [0.4, 0.5) is 4.79 Å². The summed E-state index contributed by atoms with van der Waals surface area (Å²) in [6.45, 7) is 1.26. The van der Waals surface area contributed by atoms with Crippen molar-refractivity contribution in [2.75, 3.05) is 26.7 Å². The van der Waals surface area contributed by atoms with Gasteiger partial charge in [0.25, 0.3) is 0 Å². The Bertz CT molecular complexity index is 602. The van der Waals surface area contributed by atoms with Gasteiger partial charge in [0.2, 0.25) is 11.8 Å². The van der Waals surface area contributed by atoms with E-state index in [0.717, 1.165) is 19.4 Å². The lowest BCUT2D eigenvalue weighted by molar-refractivity contribution is -0.132. The second-order valence-electron chi connectivity index (χ2n) is 6.05. The van der Waals surface area contributed by atoms with E-state index in [1.54, 1.807) is 18.4 Å². The summed E-state index contributed by atoms with van der Waals surface area (Å²) in [6, 6.07) is 4.03. The van der Waals surface area contributed by atoms with E-state index in [0.29, 0.717) is 19.4 Å². The van der Waals surface area contributed by atoms with Crippen molar-refractivity contribution in [2.45, 2.75) is 31.7 Å². The quantitative estimate of drug-likeness (QED) is 0.774. The lowest BCUT2D eigenvalue weighted by Crippen LogP contribution is -2.34.